The van der Waals surface area contributed by atoms with Gasteiger partial charge in [-0.15, -0.1) is 0 Å². The van der Waals surface area contributed by atoms with Crippen molar-refractivity contribution in [2.75, 3.05) is 26.3 Å². The van der Waals surface area contributed by atoms with Crippen molar-refractivity contribution in [3.63, 3.8) is 0 Å². The molecule has 0 unspecified atom stereocenters. The quantitative estimate of drug-likeness (QED) is 0.821. The number of ether oxygens (including phenoxy) is 1. The molecule has 8 nitrogen and oxygen atoms in total. The van der Waals surface area contributed by atoms with E-state index in [2.05, 4.69) is 15.1 Å². The minimum Gasteiger partial charge on any atom is -0.379 e. The Morgan fingerprint density at radius 1 is 1.44 bits per heavy atom. The zero-order valence-corrected chi connectivity index (χ0v) is 14.1. The lowest BCUT2D eigenvalue weighted by molar-refractivity contribution is -0.131. The Kier molecular flexibility index (Phi) is 5.95. The molecule has 1 aliphatic rings. The van der Waals surface area contributed by atoms with Gasteiger partial charge in [0, 0.05) is 56.1 Å². The second-order valence-corrected chi connectivity index (χ2v) is 6.26. The maximum atomic E-state index is 12.5. The first-order chi connectivity index (χ1) is 12.2. The summed E-state index contributed by atoms with van der Waals surface area (Å²) in [6.07, 6.45) is 6.93. The molecule has 2 aromatic heterocycles. The van der Waals surface area contributed by atoms with Gasteiger partial charge in [-0.2, -0.15) is 5.10 Å². The fraction of sp³-hybridized carbons (Fsp3) is 0.529. The number of H-pyrrole nitrogens is 1. The summed E-state index contributed by atoms with van der Waals surface area (Å²) < 4.78 is 7.47. The predicted molar refractivity (Wildman–Crippen MR) is 90.9 cm³/mol. The molecule has 1 aliphatic heterocycles. The molecule has 2 aromatic rings. The molecular formula is C17H23N5O3. The third-order valence-electron chi connectivity index (χ3n) is 4.26. The largest absolute Gasteiger partial charge is 0.379 e. The van der Waals surface area contributed by atoms with Gasteiger partial charge in [0.2, 0.25) is 5.91 Å². The Labute approximate surface area is 145 Å². The first-order valence-electron chi connectivity index (χ1n) is 8.57. The number of carbonyl (C=O) groups excluding carboxylic acids is 1. The van der Waals surface area contributed by atoms with Gasteiger partial charge < -0.3 is 14.6 Å². The van der Waals surface area contributed by atoms with Crippen molar-refractivity contribution in [3.05, 3.63) is 46.9 Å². The zero-order chi connectivity index (χ0) is 17.5. The van der Waals surface area contributed by atoms with Crippen LogP contribution in [-0.2, 0) is 22.5 Å². The highest BCUT2D eigenvalue weighted by Crippen LogP contribution is 2.13. The topological polar surface area (TPSA) is 93.1 Å². The Morgan fingerprint density at radius 2 is 2.36 bits per heavy atom. The normalized spacial score (nSPS) is 18.1. The molecule has 0 spiro atoms. The maximum absolute atomic E-state index is 12.5. The fourth-order valence-electron chi connectivity index (χ4n) is 3.03. The van der Waals surface area contributed by atoms with E-state index >= 15 is 0 Å². The van der Waals surface area contributed by atoms with Gasteiger partial charge in [-0.05, 0) is 18.9 Å². The Balaban J connectivity index is 1.51. The third-order valence-corrected chi connectivity index (χ3v) is 4.26. The lowest BCUT2D eigenvalue weighted by Crippen LogP contribution is -2.36. The molecule has 1 N–H and O–H groups in total. The molecule has 0 bridgehead atoms. The molecule has 3 rings (SSSR count). The Morgan fingerprint density at radius 3 is 3.16 bits per heavy atom. The molecule has 8 heteroatoms. The molecule has 0 aliphatic carbocycles. The van der Waals surface area contributed by atoms with Crippen LogP contribution in [0.1, 0.15) is 18.5 Å². The number of aromatic nitrogens is 4. The lowest BCUT2D eigenvalue weighted by Gasteiger charge is -2.23. The van der Waals surface area contributed by atoms with E-state index in [1.54, 1.807) is 6.20 Å². The van der Waals surface area contributed by atoms with Crippen LogP contribution in [0.4, 0.5) is 0 Å². The van der Waals surface area contributed by atoms with Crippen LogP contribution < -0.4 is 5.56 Å². The molecule has 1 fully saturated rings. The molecule has 3 heterocycles. The van der Waals surface area contributed by atoms with Gasteiger partial charge in [0.1, 0.15) is 0 Å². The van der Waals surface area contributed by atoms with Crippen molar-refractivity contribution in [2.24, 2.45) is 5.92 Å². The summed E-state index contributed by atoms with van der Waals surface area (Å²) in [5, 5.41) is 4.14. The predicted octanol–water partition coefficient (Wildman–Crippen LogP) is 0.464. The second-order valence-electron chi connectivity index (χ2n) is 6.26. The van der Waals surface area contributed by atoms with Crippen molar-refractivity contribution in [1.29, 1.82) is 0 Å². The number of nitrogens with one attached hydrogen (secondary N) is 1. The summed E-state index contributed by atoms with van der Waals surface area (Å²) in [6.45, 7) is 3.11. The van der Waals surface area contributed by atoms with Crippen LogP contribution in [0.2, 0.25) is 0 Å². The van der Waals surface area contributed by atoms with Crippen LogP contribution >= 0.6 is 0 Å². The van der Waals surface area contributed by atoms with E-state index < -0.39 is 0 Å². The number of amides is 1. The van der Waals surface area contributed by atoms with Gasteiger partial charge in [-0.3, -0.25) is 14.3 Å². The minimum absolute atomic E-state index is 0.140. The number of nitrogens with zero attached hydrogens (tertiary/aromatic N) is 4. The summed E-state index contributed by atoms with van der Waals surface area (Å²) in [5.74, 6) is 0.286. The zero-order valence-electron chi connectivity index (χ0n) is 14.1. The van der Waals surface area contributed by atoms with E-state index in [4.69, 9.17) is 4.74 Å². The average Bonchev–Trinajstić information content (AvgIpc) is 3.00. The number of hydrogen-bond donors (Lipinski definition) is 1. The number of aryl methyl sites for hydroxylation is 1. The van der Waals surface area contributed by atoms with Crippen LogP contribution in [0.5, 0.6) is 0 Å². The van der Waals surface area contributed by atoms with Gasteiger partial charge in [0.25, 0.3) is 5.56 Å². The smallest absolute Gasteiger partial charge is 0.250 e. The second kappa shape index (κ2) is 8.57. The summed E-state index contributed by atoms with van der Waals surface area (Å²) in [4.78, 5) is 32.5. The van der Waals surface area contributed by atoms with Crippen LogP contribution in [0.15, 0.2) is 35.6 Å². The third kappa shape index (κ3) is 5.25. The molecule has 1 amide bonds. The van der Waals surface area contributed by atoms with E-state index in [0.29, 0.717) is 39.1 Å². The van der Waals surface area contributed by atoms with Crippen LogP contribution in [0, 0.1) is 5.92 Å². The summed E-state index contributed by atoms with van der Waals surface area (Å²) in [5.41, 5.74) is 0.566. The monoisotopic (exact) mass is 345 g/mol. The van der Waals surface area contributed by atoms with Crippen LogP contribution in [-0.4, -0.2) is 56.9 Å². The van der Waals surface area contributed by atoms with Crippen LogP contribution in [0.25, 0.3) is 0 Å². The average molecular weight is 345 g/mol. The minimum atomic E-state index is -0.161. The standard InChI is InChI=1S/C17H23N5O3/c23-16-10-15(18-13-19-16)9-14-11-21(7-8-25-12-14)17(24)3-1-5-22-6-2-4-20-22/h2,4,6,10,13-14H,1,3,5,7-9,11-12H2,(H,18,19,23)/t14-/m0/s1. The molecule has 134 valence electrons. The first-order valence-corrected chi connectivity index (χ1v) is 8.57. The van der Waals surface area contributed by atoms with E-state index in [1.165, 1.54) is 12.4 Å². The van der Waals surface area contributed by atoms with Gasteiger partial charge >= 0.3 is 0 Å². The van der Waals surface area contributed by atoms with Crippen molar-refractivity contribution >= 4 is 5.91 Å². The van der Waals surface area contributed by atoms with Gasteiger partial charge in [-0.1, -0.05) is 0 Å². The van der Waals surface area contributed by atoms with Crippen molar-refractivity contribution in [2.45, 2.75) is 25.8 Å². The van der Waals surface area contributed by atoms with Crippen molar-refractivity contribution in [1.82, 2.24) is 24.6 Å². The number of aromatic amines is 1. The van der Waals surface area contributed by atoms with E-state index in [9.17, 15) is 9.59 Å². The Hall–Kier alpha value is -2.48. The molecule has 1 atom stereocenters. The van der Waals surface area contributed by atoms with Gasteiger partial charge in [0.05, 0.1) is 19.5 Å². The van der Waals surface area contributed by atoms with Crippen molar-refractivity contribution < 1.29 is 9.53 Å². The van der Waals surface area contributed by atoms with Crippen molar-refractivity contribution in [3.8, 4) is 0 Å². The summed E-state index contributed by atoms with van der Waals surface area (Å²) >= 11 is 0. The molecule has 1 saturated heterocycles. The SMILES string of the molecule is O=C(CCCn1cccn1)N1CCOC[C@@H](Cc2cc(=O)[nH]cn2)C1. The highest BCUT2D eigenvalue weighted by Gasteiger charge is 2.23. The van der Waals surface area contributed by atoms with Gasteiger partial charge in [0.15, 0.2) is 0 Å². The Bertz CT molecular complexity index is 728. The lowest BCUT2D eigenvalue weighted by atomic mass is 10.0. The number of hydrogen-bond acceptors (Lipinski definition) is 5. The maximum Gasteiger partial charge on any atom is 0.250 e. The molecule has 0 saturated carbocycles. The molecule has 25 heavy (non-hydrogen) atoms. The van der Waals surface area contributed by atoms with Gasteiger partial charge in [-0.25, -0.2) is 4.98 Å². The summed E-state index contributed by atoms with van der Waals surface area (Å²) in [6, 6.07) is 3.38. The highest BCUT2D eigenvalue weighted by atomic mass is 16.5. The molecular weight excluding hydrogens is 322 g/mol. The highest BCUT2D eigenvalue weighted by molar-refractivity contribution is 5.76. The number of carbonyl (C=O) groups is 1. The summed E-state index contributed by atoms with van der Waals surface area (Å²) in [7, 11) is 0. The van der Waals surface area contributed by atoms with E-state index in [-0.39, 0.29) is 17.4 Å². The molecule has 0 aromatic carbocycles. The van der Waals surface area contributed by atoms with E-state index in [0.717, 1.165) is 18.7 Å². The molecule has 0 radical (unpaired) electrons. The fourth-order valence-corrected chi connectivity index (χ4v) is 3.03. The van der Waals surface area contributed by atoms with E-state index in [1.807, 2.05) is 21.8 Å². The van der Waals surface area contributed by atoms with Crippen LogP contribution in [0.3, 0.4) is 0 Å². The first kappa shape index (κ1) is 17.3. The number of rotatable bonds is 6.